The minimum Gasteiger partial charge on any atom is -0.321 e. The van der Waals surface area contributed by atoms with E-state index in [4.69, 9.17) is 11.6 Å². The molecular weight excluding hydrogens is 300 g/mol. The number of aromatic nitrogens is 2. The molecule has 1 aromatic heterocycles. The molecule has 0 radical (unpaired) electrons. The summed E-state index contributed by atoms with van der Waals surface area (Å²) in [6, 6.07) is 7.15. The van der Waals surface area contributed by atoms with Crippen LogP contribution in [0.2, 0.25) is 5.02 Å². The van der Waals surface area contributed by atoms with Gasteiger partial charge in [-0.3, -0.25) is 14.7 Å². The lowest BCUT2D eigenvalue weighted by atomic mass is 10.1. The highest BCUT2D eigenvalue weighted by molar-refractivity contribution is 6.30. The Morgan fingerprint density at radius 1 is 1.27 bits per heavy atom. The monoisotopic (exact) mass is 316 g/mol. The molecule has 1 unspecified atom stereocenters. The maximum Gasteiger partial charge on any atom is 0.276 e. The second-order valence-electron chi connectivity index (χ2n) is 5.39. The first kappa shape index (κ1) is 14.9. The molecule has 2 aromatic rings. The minimum absolute atomic E-state index is 0.152. The van der Waals surface area contributed by atoms with Crippen LogP contribution in [0.15, 0.2) is 36.7 Å². The molecule has 1 aromatic carbocycles. The number of likely N-dealkylation sites (tertiary alicyclic amines) is 1. The predicted molar refractivity (Wildman–Crippen MR) is 86.0 cm³/mol. The van der Waals surface area contributed by atoms with E-state index in [2.05, 4.69) is 20.2 Å². The quantitative estimate of drug-likeness (QED) is 0.945. The van der Waals surface area contributed by atoms with Crippen molar-refractivity contribution in [3.05, 3.63) is 53.1 Å². The van der Waals surface area contributed by atoms with Gasteiger partial charge in [-0.05, 0) is 50.7 Å². The normalized spacial score (nSPS) is 18.4. The smallest absolute Gasteiger partial charge is 0.276 e. The molecule has 1 fully saturated rings. The van der Waals surface area contributed by atoms with Crippen molar-refractivity contribution in [2.45, 2.75) is 18.9 Å². The summed E-state index contributed by atoms with van der Waals surface area (Å²) in [6.45, 7) is 1.01. The first-order valence-electron chi connectivity index (χ1n) is 7.23. The van der Waals surface area contributed by atoms with Crippen molar-refractivity contribution in [1.29, 1.82) is 0 Å². The van der Waals surface area contributed by atoms with E-state index >= 15 is 0 Å². The minimum atomic E-state index is -0.245. The molecule has 1 atom stereocenters. The highest BCUT2D eigenvalue weighted by atomic mass is 35.5. The van der Waals surface area contributed by atoms with Gasteiger partial charge in [-0.25, -0.2) is 4.98 Å². The third kappa shape index (κ3) is 3.10. The highest BCUT2D eigenvalue weighted by Gasteiger charge is 2.28. The molecule has 0 bridgehead atoms. The van der Waals surface area contributed by atoms with Crippen LogP contribution >= 0.6 is 11.6 Å². The summed E-state index contributed by atoms with van der Waals surface area (Å²) in [5.41, 5.74) is 1.82. The Bertz CT molecular complexity index is 674. The van der Waals surface area contributed by atoms with Crippen LogP contribution in [0.5, 0.6) is 0 Å². The fourth-order valence-electron chi connectivity index (χ4n) is 2.75. The molecular formula is C16H17ClN4O. The fourth-order valence-corrected chi connectivity index (χ4v) is 2.87. The van der Waals surface area contributed by atoms with Gasteiger partial charge in [0.1, 0.15) is 0 Å². The van der Waals surface area contributed by atoms with Crippen LogP contribution in [0.1, 0.15) is 35.1 Å². The second kappa shape index (κ2) is 6.42. The number of nitrogens with zero attached hydrogens (tertiary/aromatic N) is 3. The summed E-state index contributed by atoms with van der Waals surface area (Å²) < 4.78 is 0. The third-order valence-corrected chi connectivity index (χ3v) is 4.13. The zero-order valence-electron chi connectivity index (χ0n) is 12.3. The standard InChI is InChI=1S/C16H17ClN4O/c1-21-10-2-3-13(21)14-15(19-9-8-18-14)16(22)20-12-6-4-11(17)5-7-12/h4-9,13H,2-3,10H2,1H3,(H,20,22). The maximum atomic E-state index is 12.5. The molecule has 5 nitrogen and oxygen atoms in total. The van der Waals surface area contributed by atoms with Gasteiger partial charge >= 0.3 is 0 Å². The number of amides is 1. The van der Waals surface area contributed by atoms with E-state index < -0.39 is 0 Å². The number of carbonyl (C=O) groups is 1. The largest absolute Gasteiger partial charge is 0.321 e. The third-order valence-electron chi connectivity index (χ3n) is 3.88. The van der Waals surface area contributed by atoms with E-state index in [1.165, 1.54) is 0 Å². The number of benzene rings is 1. The SMILES string of the molecule is CN1CCCC1c1nccnc1C(=O)Nc1ccc(Cl)cc1. The predicted octanol–water partition coefficient (Wildman–Crippen LogP) is 3.15. The van der Waals surface area contributed by atoms with Gasteiger partial charge in [-0.1, -0.05) is 11.6 Å². The van der Waals surface area contributed by atoms with Gasteiger partial charge in [0, 0.05) is 23.1 Å². The fraction of sp³-hybridized carbons (Fsp3) is 0.312. The topological polar surface area (TPSA) is 58.1 Å². The molecule has 1 saturated heterocycles. The van der Waals surface area contributed by atoms with Crippen molar-refractivity contribution in [1.82, 2.24) is 14.9 Å². The number of carbonyl (C=O) groups excluding carboxylic acids is 1. The van der Waals surface area contributed by atoms with E-state index in [0.717, 1.165) is 25.1 Å². The molecule has 3 rings (SSSR count). The number of hydrogen-bond donors (Lipinski definition) is 1. The van der Waals surface area contributed by atoms with E-state index in [1.807, 2.05) is 7.05 Å². The number of halogens is 1. The van der Waals surface area contributed by atoms with Crippen LogP contribution in [-0.4, -0.2) is 34.4 Å². The Morgan fingerprint density at radius 2 is 2.00 bits per heavy atom. The van der Waals surface area contributed by atoms with E-state index in [9.17, 15) is 4.79 Å². The van der Waals surface area contributed by atoms with Crippen LogP contribution in [0.4, 0.5) is 5.69 Å². The van der Waals surface area contributed by atoms with Crippen molar-refractivity contribution < 1.29 is 4.79 Å². The van der Waals surface area contributed by atoms with Crippen LogP contribution < -0.4 is 5.32 Å². The molecule has 1 N–H and O–H groups in total. The molecule has 2 heterocycles. The second-order valence-corrected chi connectivity index (χ2v) is 5.83. The summed E-state index contributed by atoms with van der Waals surface area (Å²) in [4.78, 5) is 23.4. The van der Waals surface area contributed by atoms with Crippen molar-refractivity contribution in [3.8, 4) is 0 Å². The number of anilines is 1. The lowest BCUT2D eigenvalue weighted by molar-refractivity contribution is 0.101. The molecule has 1 amide bonds. The lowest BCUT2D eigenvalue weighted by Gasteiger charge is -2.20. The van der Waals surface area contributed by atoms with Gasteiger partial charge in [-0.2, -0.15) is 0 Å². The van der Waals surface area contributed by atoms with E-state index in [0.29, 0.717) is 16.4 Å². The summed E-state index contributed by atoms with van der Waals surface area (Å²) >= 11 is 5.85. The number of nitrogens with one attached hydrogen (secondary N) is 1. The Morgan fingerprint density at radius 3 is 2.68 bits per heavy atom. The van der Waals surface area contributed by atoms with Crippen molar-refractivity contribution in [2.24, 2.45) is 0 Å². The molecule has 22 heavy (non-hydrogen) atoms. The molecule has 1 aliphatic rings. The number of hydrogen-bond acceptors (Lipinski definition) is 4. The van der Waals surface area contributed by atoms with E-state index in [-0.39, 0.29) is 11.9 Å². The molecule has 6 heteroatoms. The summed E-state index contributed by atoms with van der Waals surface area (Å²) in [5, 5.41) is 3.48. The Hall–Kier alpha value is -1.98. The number of rotatable bonds is 3. The van der Waals surface area contributed by atoms with Crippen molar-refractivity contribution in [2.75, 3.05) is 18.9 Å². The van der Waals surface area contributed by atoms with Crippen molar-refractivity contribution in [3.63, 3.8) is 0 Å². The van der Waals surface area contributed by atoms with Crippen LogP contribution in [0.3, 0.4) is 0 Å². The maximum absolute atomic E-state index is 12.5. The average molecular weight is 317 g/mol. The zero-order valence-corrected chi connectivity index (χ0v) is 13.0. The van der Waals surface area contributed by atoms with E-state index in [1.54, 1.807) is 36.7 Å². The van der Waals surface area contributed by atoms with Gasteiger partial charge in [0.2, 0.25) is 0 Å². The van der Waals surface area contributed by atoms with Gasteiger partial charge < -0.3 is 5.32 Å². The first-order valence-corrected chi connectivity index (χ1v) is 7.61. The lowest BCUT2D eigenvalue weighted by Crippen LogP contribution is -2.24. The van der Waals surface area contributed by atoms with Gasteiger partial charge in [0.15, 0.2) is 5.69 Å². The van der Waals surface area contributed by atoms with Gasteiger partial charge in [0.05, 0.1) is 11.7 Å². The molecule has 0 spiro atoms. The zero-order chi connectivity index (χ0) is 15.5. The van der Waals surface area contributed by atoms with Crippen LogP contribution in [0.25, 0.3) is 0 Å². The van der Waals surface area contributed by atoms with Crippen molar-refractivity contribution >= 4 is 23.2 Å². The molecule has 0 aliphatic carbocycles. The Labute approximate surface area is 134 Å². The van der Waals surface area contributed by atoms with Crippen LogP contribution in [-0.2, 0) is 0 Å². The molecule has 114 valence electrons. The first-order chi connectivity index (χ1) is 10.6. The molecule has 0 saturated carbocycles. The Balaban J connectivity index is 1.84. The molecule has 1 aliphatic heterocycles. The van der Waals surface area contributed by atoms with Gasteiger partial charge in [0.25, 0.3) is 5.91 Å². The average Bonchev–Trinajstić information content (AvgIpc) is 2.95. The summed E-state index contributed by atoms with van der Waals surface area (Å²) in [5.74, 6) is -0.245. The Kier molecular flexibility index (Phi) is 4.36. The summed E-state index contributed by atoms with van der Waals surface area (Å²) in [6.07, 6.45) is 5.29. The van der Waals surface area contributed by atoms with Gasteiger partial charge in [-0.15, -0.1) is 0 Å². The van der Waals surface area contributed by atoms with Crippen LogP contribution in [0, 0.1) is 0 Å². The summed E-state index contributed by atoms with van der Waals surface area (Å²) in [7, 11) is 2.05. The highest BCUT2D eigenvalue weighted by Crippen LogP contribution is 2.30.